The lowest BCUT2D eigenvalue weighted by Crippen LogP contribution is -2.47. The highest BCUT2D eigenvalue weighted by atomic mass is 15.2. The fourth-order valence-corrected chi connectivity index (χ4v) is 1.94. The second kappa shape index (κ2) is 6.18. The van der Waals surface area contributed by atoms with Crippen LogP contribution in [0.25, 0.3) is 0 Å². The Kier molecular flexibility index (Phi) is 5.16. The molecule has 0 atom stereocenters. The third-order valence-corrected chi connectivity index (χ3v) is 3.49. The minimum Gasteiger partial charge on any atom is -0.318 e. The minimum absolute atomic E-state index is 0.179. The zero-order valence-electron chi connectivity index (χ0n) is 11.9. The van der Waals surface area contributed by atoms with Crippen LogP contribution in [0.1, 0.15) is 31.9 Å². The van der Waals surface area contributed by atoms with Crippen molar-refractivity contribution >= 4 is 0 Å². The molecule has 0 aliphatic heterocycles. The molecule has 2 nitrogen and oxygen atoms in total. The molecule has 0 saturated carbocycles. The maximum absolute atomic E-state index is 3.25. The summed E-state index contributed by atoms with van der Waals surface area (Å²) in [5.41, 5.74) is 2.97. The van der Waals surface area contributed by atoms with Crippen molar-refractivity contribution in [1.82, 2.24) is 10.2 Å². The number of nitrogens with zero attached hydrogens (tertiary/aromatic N) is 1. The molecular weight excluding hydrogens is 208 g/mol. The molecule has 0 unspecified atom stereocenters. The molecule has 1 rings (SSSR count). The van der Waals surface area contributed by atoms with Crippen LogP contribution in [0.15, 0.2) is 24.3 Å². The summed E-state index contributed by atoms with van der Waals surface area (Å²) in [4.78, 5) is 2.39. The number of hydrogen-bond acceptors (Lipinski definition) is 2. The molecule has 0 saturated heterocycles. The van der Waals surface area contributed by atoms with Gasteiger partial charge in [-0.25, -0.2) is 0 Å². The molecule has 1 N–H and O–H groups in total. The smallest absolute Gasteiger partial charge is 0.0278 e. The Bertz CT molecular complexity index is 327. The first kappa shape index (κ1) is 14.2. The van der Waals surface area contributed by atoms with Crippen molar-refractivity contribution in [2.75, 3.05) is 20.6 Å². The van der Waals surface area contributed by atoms with Gasteiger partial charge in [0.05, 0.1) is 0 Å². The van der Waals surface area contributed by atoms with E-state index in [1.54, 1.807) is 0 Å². The van der Waals surface area contributed by atoms with Crippen LogP contribution in [-0.4, -0.2) is 31.1 Å². The molecule has 0 bridgehead atoms. The fraction of sp³-hybridized carbons (Fsp3) is 0.600. The quantitative estimate of drug-likeness (QED) is 0.814. The summed E-state index contributed by atoms with van der Waals surface area (Å²) in [6.45, 7) is 8.72. The molecule has 0 aromatic heterocycles. The Morgan fingerprint density at radius 2 is 1.65 bits per heavy atom. The van der Waals surface area contributed by atoms with Crippen LogP contribution in [0.4, 0.5) is 0 Å². The monoisotopic (exact) mass is 234 g/mol. The molecule has 0 aliphatic rings. The van der Waals surface area contributed by atoms with Crippen LogP contribution in [0.5, 0.6) is 0 Å². The SMILES string of the molecule is CCc1ccc(CN(C)C(C)(C)CNC)cc1. The van der Waals surface area contributed by atoms with Crippen molar-refractivity contribution in [3.63, 3.8) is 0 Å². The average Bonchev–Trinajstić information content (AvgIpc) is 2.30. The van der Waals surface area contributed by atoms with E-state index in [1.165, 1.54) is 11.1 Å². The van der Waals surface area contributed by atoms with Gasteiger partial charge in [0.1, 0.15) is 0 Å². The van der Waals surface area contributed by atoms with Crippen molar-refractivity contribution in [2.45, 2.75) is 39.3 Å². The van der Waals surface area contributed by atoms with Crippen molar-refractivity contribution in [1.29, 1.82) is 0 Å². The predicted octanol–water partition coefficient (Wildman–Crippen LogP) is 2.68. The number of nitrogens with one attached hydrogen (secondary N) is 1. The number of rotatable bonds is 6. The standard InChI is InChI=1S/C15H26N2/c1-6-13-7-9-14(10-8-13)11-17(5)15(2,3)12-16-4/h7-10,16H,6,11-12H2,1-5H3. The minimum atomic E-state index is 0.179. The Hall–Kier alpha value is -0.860. The normalized spacial score (nSPS) is 12.1. The number of hydrogen-bond donors (Lipinski definition) is 1. The van der Waals surface area contributed by atoms with Gasteiger partial charge in [-0.15, -0.1) is 0 Å². The van der Waals surface area contributed by atoms with Crippen LogP contribution in [-0.2, 0) is 13.0 Å². The Balaban J connectivity index is 2.63. The van der Waals surface area contributed by atoms with E-state index in [4.69, 9.17) is 0 Å². The predicted molar refractivity (Wildman–Crippen MR) is 75.3 cm³/mol. The van der Waals surface area contributed by atoms with Gasteiger partial charge in [-0.3, -0.25) is 4.90 Å². The maximum Gasteiger partial charge on any atom is 0.0278 e. The van der Waals surface area contributed by atoms with Crippen LogP contribution in [0.3, 0.4) is 0 Å². The second-order valence-corrected chi connectivity index (χ2v) is 5.37. The van der Waals surface area contributed by atoms with E-state index in [-0.39, 0.29) is 5.54 Å². The van der Waals surface area contributed by atoms with Gasteiger partial charge in [0.2, 0.25) is 0 Å². The van der Waals surface area contributed by atoms with E-state index >= 15 is 0 Å². The zero-order chi connectivity index (χ0) is 12.9. The molecule has 0 spiro atoms. The molecular formula is C15H26N2. The second-order valence-electron chi connectivity index (χ2n) is 5.37. The highest BCUT2D eigenvalue weighted by molar-refractivity contribution is 5.22. The molecule has 2 heteroatoms. The first-order chi connectivity index (χ1) is 7.99. The lowest BCUT2D eigenvalue weighted by molar-refractivity contribution is 0.147. The van der Waals surface area contributed by atoms with E-state index in [9.17, 15) is 0 Å². The molecule has 1 aromatic rings. The van der Waals surface area contributed by atoms with E-state index in [2.05, 4.69) is 62.3 Å². The third kappa shape index (κ3) is 4.14. The van der Waals surface area contributed by atoms with E-state index in [0.717, 1.165) is 19.5 Å². The van der Waals surface area contributed by atoms with Gasteiger partial charge in [0.25, 0.3) is 0 Å². The molecule has 0 amide bonds. The lowest BCUT2D eigenvalue weighted by Gasteiger charge is -2.35. The van der Waals surface area contributed by atoms with Gasteiger partial charge in [-0.05, 0) is 45.5 Å². The summed E-state index contributed by atoms with van der Waals surface area (Å²) in [5, 5.41) is 3.25. The van der Waals surface area contributed by atoms with Gasteiger partial charge in [-0.2, -0.15) is 0 Å². The van der Waals surface area contributed by atoms with E-state index in [1.807, 2.05) is 7.05 Å². The van der Waals surface area contributed by atoms with Gasteiger partial charge < -0.3 is 5.32 Å². The van der Waals surface area contributed by atoms with Crippen molar-refractivity contribution < 1.29 is 0 Å². The molecule has 0 heterocycles. The lowest BCUT2D eigenvalue weighted by atomic mass is 10.0. The Labute approximate surface area is 106 Å². The molecule has 0 fully saturated rings. The summed E-state index contributed by atoms with van der Waals surface area (Å²) in [7, 11) is 4.19. The Morgan fingerprint density at radius 3 is 2.12 bits per heavy atom. The number of benzene rings is 1. The maximum atomic E-state index is 3.25. The summed E-state index contributed by atoms with van der Waals surface area (Å²) < 4.78 is 0. The van der Waals surface area contributed by atoms with Crippen molar-refractivity contribution in [3.8, 4) is 0 Å². The summed E-state index contributed by atoms with van der Waals surface area (Å²) >= 11 is 0. The first-order valence-corrected chi connectivity index (χ1v) is 6.43. The highest BCUT2D eigenvalue weighted by Crippen LogP contribution is 2.15. The van der Waals surface area contributed by atoms with Gasteiger partial charge in [-0.1, -0.05) is 31.2 Å². The van der Waals surface area contributed by atoms with Crippen LogP contribution in [0, 0.1) is 0 Å². The number of aryl methyl sites for hydroxylation is 1. The Morgan fingerprint density at radius 1 is 1.12 bits per heavy atom. The number of likely N-dealkylation sites (N-methyl/N-ethyl adjacent to an activating group) is 2. The topological polar surface area (TPSA) is 15.3 Å². The third-order valence-electron chi connectivity index (χ3n) is 3.49. The molecule has 0 radical (unpaired) electrons. The van der Waals surface area contributed by atoms with Crippen LogP contribution >= 0.6 is 0 Å². The fourth-order valence-electron chi connectivity index (χ4n) is 1.94. The largest absolute Gasteiger partial charge is 0.318 e. The van der Waals surface area contributed by atoms with Crippen molar-refractivity contribution in [3.05, 3.63) is 35.4 Å². The van der Waals surface area contributed by atoms with Gasteiger partial charge in [0, 0.05) is 18.6 Å². The highest BCUT2D eigenvalue weighted by Gasteiger charge is 2.22. The van der Waals surface area contributed by atoms with Crippen molar-refractivity contribution in [2.24, 2.45) is 0 Å². The average molecular weight is 234 g/mol. The summed E-state index contributed by atoms with van der Waals surface area (Å²) in [6.07, 6.45) is 1.11. The van der Waals surface area contributed by atoms with E-state index in [0.29, 0.717) is 0 Å². The van der Waals surface area contributed by atoms with E-state index < -0.39 is 0 Å². The van der Waals surface area contributed by atoms with Crippen LogP contribution < -0.4 is 5.32 Å². The zero-order valence-corrected chi connectivity index (χ0v) is 11.9. The summed E-state index contributed by atoms with van der Waals surface area (Å²) in [6, 6.07) is 8.94. The molecule has 96 valence electrons. The van der Waals surface area contributed by atoms with Crippen LogP contribution in [0.2, 0.25) is 0 Å². The molecule has 17 heavy (non-hydrogen) atoms. The molecule has 0 aliphatic carbocycles. The summed E-state index contributed by atoms with van der Waals surface area (Å²) in [5.74, 6) is 0. The van der Waals surface area contributed by atoms with Gasteiger partial charge in [0.15, 0.2) is 0 Å². The first-order valence-electron chi connectivity index (χ1n) is 6.43. The molecule has 1 aromatic carbocycles. The van der Waals surface area contributed by atoms with Gasteiger partial charge >= 0.3 is 0 Å².